The maximum absolute atomic E-state index is 12.7. The number of carboxylic acids is 1. The average molecular weight is 473 g/mol. The summed E-state index contributed by atoms with van der Waals surface area (Å²) in [5.41, 5.74) is -0.327. The number of benzene rings is 2. The monoisotopic (exact) mass is 473 g/mol. The molecule has 1 aliphatic carbocycles. The zero-order valence-corrected chi connectivity index (χ0v) is 17.1. The number of carboxylic acid groups (broad SMARTS) is 1. The smallest absolute Gasteiger partial charge is 0.416 e. The average Bonchev–Trinajstić information content (AvgIpc) is 3.29. The SMILES string of the molecule is O=C(O)C(O)(NS(=O)(=O)c1ccc(C(F)(F)F)cc1)Oc1cccc2c1OC1CCCC21. The van der Waals surface area contributed by atoms with Crippen LogP contribution in [0.5, 0.6) is 11.5 Å². The highest BCUT2D eigenvalue weighted by atomic mass is 32.2. The first kappa shape index (κ1) is 22.4. The van der Waals surface area contributed by atoms with Gasteiger partial charge in [0.2, 0.25) is 10.0 Å². The Hall–Kier alpha value is -2.83. The Kier molecular flexibility index (Phi) is 5.34. The topological polar surface area (TPSA) is 122 Å². The van der Waals surface area contributed by atoms with Gasteiger partial charge in [-0.25, -0.2) is 13.2 Å². The van der Waals surface area contributed by atoms with Crippen molar-refractivity contribution in [3.05, 3.63) is 53.6 Å². The number of para-hydroxylation sites is 1. The molecule has 2 aromatic rings. The molecule has 1 heterocycles. The van der Waals surface area contributed by atoms with Crippen molar-refractivity contribution in [2.24, 2.45) is 0 Å². The second-order valence-corrected chi connectivity index (χ2v) is 9.23. The van der Waals surface area contributed by atoms with Crippen molar-refractivity contribution in [3.8, 4) is 11.5 Å². The van der Waals surface area contributed by atoms with E-state index in [0.717, 1.165) is 24.8 Å². The summed E-state index contributed by atoms with van der Waals surface area (Å²) in [6.07, 6.45) is -2.18. The van der Waals surface area contributed by atoms with Crippen LogP contribution in [0, 0.1) is 0 Å². The fourth-order valence-electron chi connectivity index (χ4n) is 3.94. The summed E-state index contributed by atoms with van der Waals surface area (Å²) >= 11 is 0. The van der Waals surface area contributed by atoms with Crippen LogP contribution in [0.4, 0.5) is 13.2 Å². The lowest BCUT2D eigenvalue weighted by atomic mass is 9.97. The van der Waals surface area contributed by atoms with Gasteiger partial charge in [0.25, 0.3) is 0 Å². The van der Waals surface area contributed by atoms with E-state index in [-0.39, 0.29) is 23.5 Å². The van der Waals surface area contributed by atoms with Gasteiger partial charge in [-0.3, -0.25) is 0 Å². The Morgan fingerprint density at radius 3 is 2.44 bits per heavy atom. The molecule has 172 valence electrons. The maximum Gasteiger partial charge on any atom is 0.416 e. The van der Waals surface area contributed by atoms with Gasteiger partial charge in [0, 0.05) is 11.5 Å². The van der Waals surface area contributed by atoms with Gasteiger partial charge in [-0.2, -0.15) is 13.2 Å². The standard InChI is InChI=1S/C20H18F3NO7S/c21-19(22,23)11-7-9-12(10-8-11)32(28,29)24-20(27,18(25)26)31-16-6-2-4-14-13-3-1-5-15(13)30-17(14)16/h2,4,6-10,13,15,24,27H,1,3,5H2,(H,25,26). The summed E-state index contributed by atoms with van der Waals surface area (Å²) in [4.78, 5) is 11.0. The van der Waals surface area contributed by atoms with E-state index in [4.69, 9.17) is 9.47 Å². The molecule has 2 aromatic carbocycles. The zero-order chi connectivity index (χ0) is 23.3. The molecule has 0 spiro atoms. The lowest BCUT2D eigenvalue weighted by Crippen LogP contribution is -2.58. The van der Waals surface area contributed by atoms with Crippen LogP contribution in [-0.4, -0.2) is 36.6 Å². The van der Waals surface area contributed by atoms with Gasteiger partial charge < -0.3 is 19.7 Å². The summed E-state index contributed by atoms with van der Waals surface area (Å²) in [6, 6.07) is 6.98. The number of fused-ring (bicyclic) bond motifs is 3. The Balaban J connectivity index is 1.61. The number of nitrogens with one attached hydrogen (secondary N) is 1. The number of sulfonamides is 1. The minimum absolute atomic E-state index is 0.0929. The summed E-state index contributed by atoms with van der Waals surface area (Å²) in [5.74, 6) is -5.40. The molecule has 1 fully saturated rings. The number of carbonyl (C=O) groups is 1. The summed E-state index contributed by atoms with van der Waals surface area (Å²) in [6.45, 7) is 0. The van der Waals surface area contributed by atoms with E-state index < -0.39 is 38.5 Å². The highest BCUT2D eigenvalue weighted by Crippen LogP contribution is 2.51. The van der Waals surface area contributed by atoms with Crippen LogP contribution in [0.1, 0.15) is 36.3 Å². The first-order valence-electron chi connectivity index (χ1n) is 9.56. The minimum atomic E-state index is -4.79. The lowest BCUT2D eigenvalue weighted by molar-refractivity contribution is -0.197. The molecular weight excluding hydrogens is 455 g/mol. The molecule has 4 rings (SSSR count). The summed E-state index contributed by atoms with van der Waals surface area (Å²) < 4.78 is 75.8. The molecule has 8 nitrogen and oxygen atoms in total. The first-order chi connectivity index (χ1) is 14.9. The van der Waals surface area contributed by atoms with Gasteiger partial charge in [-0.15, -0.1) is 4.72 Å². The van der Waals surface area contributed by atoms with E-state index in [1.807, 2.05) is 0 Å². The normalized spacial score (nSPS) is 21.9. The van der Waals surface area contributed by atoms with Crippen molar-refractivity contribution in [2.45, 2.75) is 48.3 Å². The molecule has 1 aliphatic heterocycles. The van der Waals surface area contributed by atoms with Crippen LogP contribution in [0.3, 0.4) is 0 Å². The van der Waals surface area contributed by atoms with Crippen molar-refractivity contribution in [2.75, 3.05) is 0 Å². The molecule has 0 radical (unpaired) electrons. The van der Waals surface area contributed by atoms with Gasteiger partial charge in [0.05, 0.1) is 10.5 Å². The van der Waals surface area contributed by atoms with Gasteiger partial charge in [0.15, 0.2) is 11.5 Å². The number of hydrogen-bond donors (Lipinski definition) is 3. The molecule has 12 heteroatoms. The Morgan fingerprint density at radius 1 is 1.12 bits per heavy atom. The molecule has 3 unspecified atom stereocenters. The number of ether oxygens (including phenoxy) is 2. The number of aliphatic hydroxyl groups is 1. The molecule has 0 aromatic heterocycles. The number of aliphatic carboxylic acids is 1. The highest BCUT2D eigenvalue weighted by Gasteiger charge is 2.46. The van der Waals surface area contributed by atoms with Gasteiger partial charge >= 0.3 is 18.1 Å². The van der Waals surface area contributed by atoms with Crippen molar-refractivity contribution in [1.82, 2.24) is 4.72 Å². The second-order valence-electron chi connectivity index (χ2n) is 7.55. The molecule has 1 saturated carbocycles. The molecule has 3 N–H and O–H groups in total. The Bertz CT molecular complexity index is 1150. The predicted octanol–water partition coefficient (Wildman–Crippen LogP) is 2.82. The molecule has 3 atom stereocenters. The summed E-state index contributed by atoms with van der Waals surface area (Å²) in [5, 5.41) is 20.0. The molecule has 32 heavy (non-hydrogen) atoms. The predicted molar refractivity (Wildman–Crippen MR) is 102 cm³/mol. The second kappa shape index (κ2) is 7.64. The van der Waals surface area contributed by atoms with E-state index in [9.17, 15) is 36.6 Å². The van der Waals surface area contributed by atoms with Crippen LogP contribution in [0.15, 0.2) is 47.4 Å². The fourth-order valence-corrected chi connectivity index (χ4v) is 5.04. The lowest BCUT2D eigenvalue weighted by Gasteiger charge is -2.26. The quantitative estimate of drug-likeness (QED) is 0.552. The molecular formula is C20H18F3NO7S. The number of hydrogen-bond acceptors (Lipinski definition) is 6. The van der Waals surface area contributed by atoms with E-state index in [2.05, 4.69) is 0 Å². The molecule has 0 bridgehead atoms. The first-order valence-corrected chi connectivity index (χ1v) is 11.0. The van der Waals surface area contributed by atoms with E-state index in [0.29, 0.717) is 24.3 Å². The van der Waals surface area contributed by atoms with Crippen molar-refractivity contribution >= 4 is 16.0 Å². The number of rotatable bonds is 6. The third-order valence-corrected chi connectivity index (χ3v) is 6.88. The third kappa shape index (κ3) is 4.00. The van der Waals surface area contributed by atoms with E-state index in [1.165, 1.54) is 10.8 Å². The largest absolute Gasteiger partial charge is 0.486 e. The van der Waals surface area contributed by atoms with Crippen molar-refractivity contribution in [3.63, 3.8) is 0 Å². The Morgan fingerprint density at radius 2 is 1.81 bits per heavy atom. The molecule has 0 amide bonds. The Labute approximate surface area is 180 Å². The van der Waals surface area contributed by atoms with Crippen molar-refractivity contribution < 1.29 is 46.1 Å². The van der Waals surface area contributed by atoms with Crippen LogP contribution in [-0.2, 0) is 21.0 Å². The molecule has 2 aliphatic rings. The molecule has 0 saturated heterocycles. The van der Waals surface area contributed by atoms with Crippen LogP contribution in [0.25, 0.3) is 0 Å². The fraction of sp³-hybridized carbons (Fsp3) is 0.350. The maximum atomic E-state index is 12.7. The van der Waals surface area contributed by atoms with Gasteiger partial charge in [0.1, 0.15) is 6.10 Å². The number of alkyl halides is 3. The van der Waals surface area contributed by atoms with Gasteiger partial charge in [-0.05, 0) is 49.6 Å². The van der Waals surface area contributed by atoms with Crippen LogP contribution >= 0.6 is 0 Å². The van der Waals surface area contributed by atoms with E-state index >= 15 is 0 Å². The number of halogens is 3. The van der Waals surface area contributed by atoms with Gasteiger partial charge in [-0.1, -0.05) is 12.1 Å². The summed E-state index contributed by atoms with van der Waals surface area (Å²) in [7, 11) is -4.79. The van der Waals surface area contributed by atoms with Crippen molar-refractivity contribution in [1.29, 1.82) is 0 Å². The van der Waals surface area contributed by atoms with Crippen LogP contribution in [0.2, 0.25) is 0 Å². The third-order valence-electron chi connectivity index (χ3n) is 5.44. The van der Waals surface area contributed by atoms with E-state index in [1.54, 1.807) is 12.1 Å². The zero-order valence-electron chi connectivity index (χ0n) is 16.3. The van der Waals surface area contributed by atoms with Crippen LogP contribution < -0.4 is 14.2 Å². The highest BCUT2D eigenvalue weighted by molar-refractivity contribution is 7.89. The minimum Gasteiger partial charge on any atom is -0.486 e.